The van der Waals surface area contributed by atoms with Crippen molar-refractivity contribution in [2.24, 2.45) is 0 Å². The molecule has 0 saturated heterocycles. The van der Waals surface area contributed by atoms with Gasteiger partial charge in [0.15, 0.2) is 18.1 Å². The normalized spacial score (nSPS) is 9.58. The largest absolute Gasteiger partial charge is 0.493 e. The van der Waals surface area contributed by atoms with E-state index in [9.17, 15) is 4.79 Å². The van der Waals surface area contributed by atoms with Crippen molar-refractivity contribution >= 4 is 21.8 Å². The summed E-state index contributed by atoms with van der Waals surface area (Å²) in [7, 11) is 1.46. The van der Waals surface area contributed by atoms with Gasteiger partial charge in [0.05, 0.1) is 24.3 Å². The Balaban J connectivity index is 2.78. The molecule has 0 fully saturated rings. The number of nitrogens with one attached hydrogen (secondary N) is 1. The van der Waals surface area contributed by atoms with Crippen LogP contribution < -0.4 is 14.8 Å². The van der Waals surface area contributed by atoms with Crippen LogP contribution in [0.2, 0.25) is 0 Å². The fourth-order valence-electron chi connectivity index (χ4n) is 1.33. The van der Waals surface area contributed by atoms with Gasteiger partial charge in [0, 0.05) is 0 Å². The van der Waals surface area contributed by atoms with Gasteiger partial charge in [-0.05, 0) is 33.6 Å². The SMILES string of the molecule is COc1cc(CO)cc(Br)c1OCC(=O)NCC#N. The van der Waals surface area contributed by atoms with Crippen LogP contribution in [0.15, 0.2) is 16.6 Å². The summed E-state index contributed by atoms with van der Waals surface area (Å²) in [5.74, 6) is 0.375. The van der Waals surface area contributed by atoms with E-state index in [1.54, 1.807) is 18.2 Å². The Morgan fingerprint density at radius 1 is 1.58 bits per heavy atom. The van der Waals surface area contributed by atoms with Gasteiger partial charge in [-0.15, -0.1) is 0 Å². The number of ether oxygens (including phenoxy) is 2. The Labute approximate surface area is 119 Å². The molecule has 19 heavy (non-hydrogen) atoms. The molecular weight excluding hydrogens is 316 g/mol. The fourth-order valence-corrected chi connectivity index (χ4v) is 1.94. The van der Waals surface area contributed by atoms with Crippen molar-refractivity contribution in [3.8, 4) is 17.6 Å². The number of carbonyl (C=O) groups excluding carboxylic acids is 1. The van der Waals surface area contributed by atoms with Gasteiger partial charge in [0.1, 0.15) is 6.54 Å². The average Bonchev–Trinajstić information content (AvgIpc) is 2.42. The molecule has 0 saturated carbocycles. The fraction of sp³-hybridized carbons (Fsp3) is 0.333. The number of aliphatic hydroxyl groups excluding tert-OH is 1. The molecule has 0 aliphatic rings. The number of carbonyl (C=O) groups is 1. The lowest BCUT2D eigenvalue weighted by Crippen LogP contribution is -2.29. The van der Waals surface area contributed by atoms with E-state index in [2.05, 4.69) is 21.2 Å². The van der Waals surface area contributed by atoms with Crippen molar-refractivity contribution in [3.63, 3.8) is 0 Å². The lowest BCUT2D eigenvalue weighted by molar-refractivity contribution is -0.122. The molecule has 1 aromatic carbocycles. The van der Waals surface area contributed by atoms with Crippen molar-refractivity contribution in [2.45, 2.75) is 6.61 Å². The number of halogens is 1. The number of nitrogens with zero attached hydrogens (tertiary/aromatic N) is 1. The molecule has 0 heterocycles. The molecule has 2 N–H and O–H groups in total. The van der Waals surface area contributed by atoms with Gasteiger partial charge in [-0.25, -0.2) is 0 Å². The summed E-state index contributed by atoms with van der Waals surface area (Å²) in [4.78, 5) is 11.3. The minimum atomic E-state index is -0.401. The molecule has 0 aliphatic carbocycles. The van der Waals surface area contributed by atoms with E-state index < -0.39 is 5.91 Å². The molecule has 1 amide bonds. The van der Waals surface area contributed by atoms with Gasteiger partial charge in [-0.2, -0.15) is 5.26 Å². The first-order chi connectivity index (χ1) is 9.12. The first-order valence-electron chi connectivity index (χ1n) is 5.36. The Bertz CT molecular complexity index is 499. The third-order valence-electron chi connectivity index (χ3n) is 2.18. The molecule has 0 bridgehead atoms. The number of amides is 1. The van der Waals surface area contributed by atoms with E-state index in [0.29, 0.717) is 21.5 Å². The van der Waals surface area contributed by atoms with Crippen molar-refractivity contribution in [2.75, 3.05) is 20.3 Å². The van der Waals surface area contributed by atoms with Gasteiger partial charge in [-0.1, -0.05) is 0 Å². The summed E-state index contributed by atoms with van der Waals surface area (Å²) in [5.41, 5.74) is 0.657. The van der Waals surface area contributed by atoms with Crippen LogP contribution in [0.3, 0.4) is 0 Å². The second-order valence-electron chi connectivity index (χ2n) is 3.49. The quantitative estimate of drug-likeness (QED) is 0.759. The smallest absolute Gasteiger partial charge is 0.258 e. The minimum absolute atomic E-state index is 0.0655. The monoisotopic (exact) mass is 328 g/mol. The Hall–Kier alpha value is -1.78. The maximum atomic E-state index is 11.3. The maximum Gasteiger partial charge on any atom is 0.258 e. The molecule has 6 nitrogen and oxygen atoms in total. The summed E-state index contributed by atoms with van der Waals surface area (Å²) >= 11 is 3.28. The zero-order valence-corrected chi connectivity index (χ0v) is 11.9. The van der Waals surface area contributed by atoms with Crippen molar-refractivity contribution in [3.05, 3.63) is 22.2 Å². The summed E-state index contributed by atoms with van der Waals surface area (Å²) in [6.07, 6.45) is 0. The third-order valence-corrected chi connectivity index (χ3v) is 2.77. The second-order valence-corrected chi connectivity index (χ2v) is 4.34. The standard InChI is InChI=1S/C12H13BrN2O4/c1-18-10-5-8(6-16)4-9(13)12(10)19-7-11(17)15-3-2-14/h4-5,16H,3,6-7H2,1H3,(H,15,17). The van der Waals surface area contributed by atoms with Crippen LogP contribution in [0.5, 0.6) is 11.5 Å². The number of hydrogen-bond acceptors (Lipinski definition) is 5. The molecule has 1 rings (SSSR count). The summed E-state index contributed by atoms with van der Waals surface area (Å²) in [6, 6.07) is 5.09. The average molecular weight is 329 g/mol. The number of benzene rings is 1. The van der Waals surface area contributed by atoms with Crippen molar-refractivity contribution < 1.29 is 19.4 Å². The van der Waals surface area contributed by atoms with Gasteiger partial charge in [-0.3, -0.25) is 4.79 Å². The summed E-state index contributed by atoms with van der Waals surface area (Å²) < 4.78 is 11.0. The van der Waals surface area contributed by atoms with Crippen molar-refractivity contribution in [1.29, 1.82) is 5.26 Å². The van der Waals surface area contributed by atoms with Gasteiger partial charge in [0.25, 0.3) is 5.91 Å². The predicted molar refractivity (Wildman–Crippen MR) is 70.7 cm³/mol. The highest BCUT2D eigenvalue weighted by Crippen LogP contribution is 2.36. The molecule has 0 radical (unpaired) electrons. The van der Waals surface area contributed by atoms with Crippen molar-refractivity contribution in [1.82, 2.24) is 5.32 Å². The molecular formula is C12H13BrN2O4. The molecule has 0 aliphatic heterocycles. The van der Waals surface area contributed by atoms with Crippen LogP contribution in [0.4, 0.5) is 0 Å². The molecule has 1 aromatic rings. The number of aliphatic hydroxyl groups is 1. The molecule has 0 spiro atoms. The van der Waals surface area contributed by atoms with Gasteiger partial charge < -0.3 is 19.9 Å². The number of nitriles is 1. The van der Waals surface area contributed by atoms with E-state index in [1.165, 1.54) is 7.11 Å². The number of hydrogen-bond donors (Lipinski definition) is 2. The number of rotatable bonds is 6. The van der Waals surface area contributed by atoms with Crippen LogP contribution in [-0.4, -0.2) is 31.3 Å². The van der Waals surface area contributed by atoms with Gasteiger partial charge >= 0.3 is 0 Å². The van der Waals surface area contributed by atoms with Crippen LogP contribution >= 0.6 is 15.9 Å². The first kappa shape index (κ1) is 15.3. The van der Waals surface area contributed by atoms with Crippen LogP contribution in [-0.2, 0) is 11.4 Å². The van der Waals surface area contributed by atoms with E-state index in [-0.39, 0.29) is 19.8 Å². The molecule has 7 heteroatoms. The Kier molecular flexibility index (Phi) is 6.12. The second kappa shape index (κ2) is 7.61. The zero-order chi connectivity index (χ0) is 14.3. The Morgan fingerprint density at radius 2 is 2.32 bits per heavy atom. The zero-order valence-electron chi connectivity index (χ0n) is 10.3. The van der Waals surface area contributed by atoms with Crippen LogP contribution in [0.1, 0.15) is 5.56 Å². The van der Waals surface area contributed by atoms with E-state index in [0.717, 1.165) is 0 Å². The minimum Gasteiger partial charge on any atom is -0.493 e. The van der Waals surface area contributed by atoms with Crippen LogP contribution in [0, 0.1) is 11.3 Å². The first-order valence-corrected chi connectivity index (χ1v) is 6.15. The summed E-state index contributed by atoms with van der Waals surface area (Å²) in [6.45, 7) is -0.420. The highest BCUT2D eigenvalue weighted by molar-refractivity contribution is 9.10. The lowest BCUT2D eigenvalue weighted by atomic mass is 10.2. The molecule has 102 valence electrons. The molecule has 0 aromatic heterocycles. The molecule has 0 atom stereocenters. The Morgan fingerprint density at radius 3 is 2.89 bits per heavy atom. The van der Waals surface area contributed by atoms with Gasteiger partial charge in [0.2, 0.25) is 0 Å². The highest BCUT2D eigenvalue weighted by Gasteiger charge is 2.13. The van der Waals surface area contributed by atoms with Crippen LogP contribution in [0.25, 0.3) is 0 Å². The third kappa shape index (κ3) is 4.43. The number of methoxy groups -OCH3 is 1. The predicted octanol–water partition coefficient (Wildman–Crippen LogP) is 0.969. The van der Waals surface area contributed by atoms with E-state index in [1.807, 2.05) is 0 Å². The summed E-state index contributed by atoms with van der Waals surface area (Å²) in [5, 5.41) is 19.8. The lowest BCUT2D eigenvalue weighted by Gasteiger charge is -2.13. The topological polar surface area (TPSA) is 91.6 Å². The molecule has 0 unspecified atom stereocenters. The maximum absolute atomic E-state index is 11.3. The highest BCUT2D eigenvalue weighted by atomic mass is 79.9. The van der Waals surface area contributed by atoms with E-state index in [4.69, 9.17) is 19.8 Å². The van der Waals surface area contributed by atoms with E-state index >= 15 is 0 Å².